The molecule has 1 aliphatic heterocycles. The third-order valence-corrected chi connectivity index (χ3v) is 4.65. The van der Waals surface area contributed by atoms with Gasteiger partial charge in [0.25, 0.3) is 0 Å². The summed E-state index contributed by atoms with van der Waals surface area (Å²) in [4.78, 5) is 19.5. The number of imidazole rings is 1. The van der Waals surface area contributed by atoms with Gasteiger partial charge in [-0.3, -0.25) is 0 Å². The topological polar surface area (TPSA) is 90.0 Å². The lowest BCUT2D eigenvalue weighted by atomic mass is 10.1. The van der Waals surface area contributed by atoms with E-state index < -0.39 is 0 Å². The Balaban J connectivity index is 0.00000109. The van der Waals surface area contributed by atoms with Crippen LogP contribution in [0.4, 0.5) is 17.5 Å². The highest BCUT2D eigenvalue weighted by Gasteiger charge is 2.19. The van der Waals surface area contributed by atoms with Crippen molar-refractivity contribution in [3.63, 3.8) is 0 Å². The molecule has 3 aromatic rings. The summed E-state index contributed by atoms with van der Waals surface area (Å²) in [5.74, 6) is 2.18. The lowest BCUT2D eigenvalue weighted by Crippen LogP contribution is -2.30. The van der Waals surface area contributed by atoms with Crippen LogP contribution in [-0.2, 0) is 6.42 Å². The summed E-state index contributed by atoms with van der Waals surface area (Å²) in [7, 11) is 0. The molecule has 28 heavy (non-hydrogen) atoms. The summed E-state index contributed by atoms with van der Waals surface area (Å²) >= 11 is 0. The molecule has 0 unspecified atom stereocenters. The number of hydrogen-bond acceptors (Lipinski definition) is 6. The molecule has 7 heteroatoms. The van der Waals surface area contributed by atoms with Crippen molar-refractivity contribution in [2.75, 3.05) is 29.9 Å². The quantitative estimate of drug-likeness (QED) is 0.619. The molecule has 4 rings (SSSR count). The van der Waals surface area contributed by atoms with E-state index in [0.29, 0.717) is 23.8 Å². The van der Waals surface area contributed by atoms with Crippen LogP contribution in [0, 0.1) is 6.92 Å². The minimum absolute atomic E-state index is 0.0315. The van der Waals surface area contributed by atoms with E-state index in [4.69, 9.17) is 4.98 Å². The summed E-state index contributed by atoms with van der Waals surface area (Å²) in [6, 6.07) is 8.15. The second-order valence-electron chi connectivity index (χ2n) is 6.76. The van der Waals surface area contributed by atoms with E-state index in [1.54, 1.807) is 0 Å². The Bertz CT molecular complexity index is 901. The fourth-order valence-corrected chi connectivity index (χ4v) is 3.39. The third-order valence-electron chi connectivity index (χ3n) is 4.65. The normalized spacial score (nSPS) is 13.9. The molecular weight excluding hydrogens is 352 g/mol. The smallest absolute Gasteiger partial charge is 0.207 e. The molecule has 0 amide bonds. The van der Waals surface area contributed by atoms with Gasteiger partial charge >= 0.3 is 0 Å². The van der Waals surface area contributed by atoms with Gasteiger partial charge in [-0.2, -0.15) is 4.98 Å². The highest BCUT2D eigenvalue weighted by atomic mass is 16.3. The summed E-state index contributed by atoms with van der Waals surface area (Å²) in [5, 5.41) is 12.6. The zero-order valence-electron chi connectivity index (χ0n) is 17.0. The van der Waals surface area contributed by atoms with Crippen LogP contribution in [0.15, 0.2) is 24.3 Å². The number of hydrogen-bond donors (Lipinski definition) is 3. The molecule has 0 saturated carbocycles. The average molecular weight is 383 g/mol. The van der Waals surface area contributed by atoms with Crippen molar-refractivity contribution < 1.29 is 5.11 Å². The molecule has 3 N–H and O–H groups in total. The van der Waals surface area contributed by atoms with Crippen molar-refractivity contribution in [1.82, 2.24) is 19.9 Å². The largest absolute Gasteiger partial charge is 0.396 e. The van der Waals surface area contributed by atoms with Gasteiger partial charge in [-0.05, 0) is 43.9 Å². The first-order valence-electron chi connectivity index (χ1n) is 10.2. The molecule has 1 aromatic carbocycles. The summed E-state index contributed by atoms with van der Waals surface area (Å²) in [5.41, 5.74) is 3.65. The minimum Gasteiger partial charge on any atom is -0.396 e. The predicted molar refractivity (Wildman–Crippen MR) is 114 cm³/mol. The highest BCUT2D eigenvalue weighted by molar-refractivity contribution is 5.85. The van der Waals surface area contributed by atoms with E-state index in [1.807, 2.05) is 26.0 Å². The number of fused-ring (bicyclic) bond motifs is 1. The van der Waals surface area contributed by atoms with Crippen molar-refractivity contribution in [2.24, 2.45) is 0 Å². The van der Waals surface area contributed by atoms with Crippen molar-refractivity contribution in [3.8, 4) is 0 Å². The van der Waals surface area contributed by atoms with Gasteiger partial charge in [0, 0.05) is 25.2 Å². The molecule has 2 aromatic heterocycles. The van der Waals surface area contributed by atoms with Gasteiger partial charge in [-0.1, -0.05) is 26.0 Å². The van der Waals surface area contributed by atoms with Crippen LogP contribution in [0.25, 0.3) is 11.2 Å². The predicted octanol–water partition coefficient (Wildman–Crippen LogP) is 3.96. The molecule has 0 radical (unpaired) electrons. The summed E-state index contributed by atoms with van der Waals surface area (Å²) < 4.78 is 0. The number of aryl methyl sites for hydroxylation is 1. The second kappa shape index (κ2) is 9.50. The fraction of sp³-hybridized carbons (Fsp3) is 0.476. The van der Waals surface area contributed by atoms with Crippen LogP contribution in [0.2, 0.25) is 0 Å². The first-order valence-corrected chi connectivity index (χ1v) is 10.2. The minimum atomic E-state index is 0.0315. The monoisotopic (exact) mass is 382 g/mol. The number of nitrogens with one attached hydrogen (secondary N) is 2. The lowest BCUT2D eigenvalue weighted by molar-refractivity contribution is 0.296. The van der Waals surface area contributed by atoms with Gasteiger partial charge in [0.15, 0.2) is 11.5 Å². The van der Waals surface area contributed by atoms with Crippen LogP contribution in [0.5, 0.6) is 0 Å². The zero-order chi connectivity index (χ0) is 19.9. The van der Waals surface area contributed by atoms with Crippen LogP contribution >= 0.6 is 0 Å². The fourth-order valence-electron chi connectivity index (χ4n) is 3.39. The van der Waals surface area contributed by atoms with Gasteiger partial charge in [-0.25, -0.2) is 9.97 Å². The van der Waals surface area contributed by atoms with E-state index in [0.717, 1.165) is 30.1 Å². The Morgan fingerprint density at radius 3 is 2.61 bits per heavy atom. The van der Waals surface area contributed by atoms with Crippen LogP contribution in [0.1, 0.15) is 44.5 Å². The number of H-pyrrole nitrogens is 1. The molecule has 1 aliphatic rings. The first-order chi connectivity index (χ1) is 13.7. The molecule has 0 atom stereocenters. The second-order valence-corrected chi connectivity index (χ2v) is 6.76. The number of rotatable bonds is 5. The molecular formula is C21H30N6O. The molecule has 3 heterocycles. The zero-order valence-corrected chi connectivity index (χ0v) is 17.0. The molecule has 0 spiro atoms. The van der Waals surface area contributed by atoms with E-state index in [-0.39, 0.29) is 6.61 Å². The molecule has 0 bridgehead atoms. The maximum absolute atomic E-state index is 9.28. The van der Waals surface area contributed by atoms with Crippen LogP contribution in [0.3, 0.4) is 0 Å². The summed E-state index contributed by atoms with van der Waals surface area (Å²) in [6.45, 7) is 8.07. The number of anilines is 3. The van der Waals surface area contributed by atoms with Gasteiger partial charge in [0.1, 0.15) is 11.3 Å². The molecule has 1 fully saturated rings. The number of aliphatic hydroxyl groups is 1. The van der Waals surface area contributed by atoms with Crippen molar-refractivity contribution in [2.45, 2.75) is 46.5 Å². The van der Waals surface area contributed by atoms with Gasteiger partial charge in [-0.15, -0.1) is 0 Å². The Morgan fingerprint density at radius 1 is 1.11 bits per heavy atom. The molecule has 150 valence electrons. The molecule has 0 aliphatic carbocycles. The van der Waals surface area contributed by atoms with Gasteiger partial charge < -0.3 is 20.3 Å². The maximum atomic E-state index is 9.28. The highest BCUT2D eigenvalue weighted by Crippen LogP contribution is 2.27. The third kappa shape index (κ3) is 4.59. The number of aromatic nitrogens is 4. The number of piperidine rings is 1. The maximum Gasteiger partial charge on any atom is 0.207 e. The standard InChI is InChI=1S/C19H24N6O.C2H6/c1-13-6-5-7-14(12-13)20-19-23-16-17(24-19)21-15(8-11-26)22-18(16)25-9-3-2-4-10-25;1-2/h5-7,12,26H,2-4,8-11H2,1H3,(H2,20,21,22,23,24);1-2H3. The molecule has 7 nitrogen and oxygen atoms in total. The first kappa shape index (κ1) is 20.1. The van der Waals surface area contributed by atoms with Crippen molar-refractivity contribution in [1.29, 1.82) is 0 Å². The Labute approximate surface area is 166 Å². The van der Waals surface area contributed by atoms with E-state index in [2.05, 4.69) is 44.2 Å². The van der Waals surface area contributed by atoms with Crippen molar-refractivity contribution in [3.05, 3.63) is 35.7 Å². The Hall–Kier alpha value is -2.67. The lowest BCUT2D eigenvalue weighted by Gasteiger charge is -2.28. The van der Waals surface area contributed by atoms with Crippen LogP contribution < -0.4 is 10.2 Å². The van der Waals surface area contributed by atoms with E-state index >= 15 is 0 Å². The number of aromatic amines is 1. The summed E-state index contributed by atoms with van der Waals surface area (Å²) in [6.07, 6.45) is 4.04. The van der Waals surface area contributed by atoms with Crippen molar-refractivity contribution >= 4 is 28.6 Å². The van der Waals surface area contributed by atoms with Gasteiger partial charge in [0.2, 0.25) is 5.95 Å². The number of nitrogens with zero attached hydrogens (tertiary/aromatic N) is 4. The number of aliphatic hydroxyl groups excluding tert-OH is 1. The molecule has 1 saturated heterocycles. The van der Waals surface area contributed by atoms with Crippen LogP contribution in [-0.4, -0.2) is 44.7 Å². The number of benzene rings is 1. The Morgan fingerprint density at radius 2 is 1.89 bits per heavy atom. The van der Waals surface area contributed by atoms with E-state index in [1.165, 1.54) is 24.8 Å². The average Bonchev–Trinajstić information content (AvgIpc) is 3.12. The SMILES string of the molecule is CC.Cc1cccc(Nc2nc3nc(CCO)nc(N4CCCCC4)c3[nH]2)c1. The van der Waals surface area contributed by atoms with E-state index in [9.17, 15) is 5.11 Å². The van der Waals surface area contributed by atoms with Gasteiger partial charge in [0.05, 0.1) is 6.61 Å². The Kier molecular flexibility index (Phi) is 6.81.